The smallest absolute Gasteiger partial charge is 0.269 e. The van der Waals surface area contributed by atoms with Crippen molar-refractivity contribution in [1.29, 1.82) is 5.41 Å². The van der Waals surface area contributed by atoms with E-state index in [1.165, 1.54) is 0 Å². The molecule has 1 aliphatic rings. The number of fused-ring (bicyclic) bond motifs is 2. The molecule has 4 N–H and O–H groups in total. The lowest BCUT2D eigenvalue weighted by molar-refractivity contribution is 0.0920. The van der Waals surface area contributed by atoms with Crippen LogP contribution in [0.2, 0.25) is 0 Å². The summed E-state index contributed by atoms with van der Waals surface area (Å²) in [6, 6.07) is 19.0. The quantitative estimate of drug-likeness (QED) is 0.258. The molecule has 0 spiro atoms. The molecule has 0 saturated heterocycles. The van der Waals surface area contributed by atoms with Crippen molar-refractivity contribution in [2.24, 2.45) is 5.73 Å². The van der Waals surface area contributed by atoms with Gasteiger partial charge in [0.15, 0.2) is 0 Å². The summed E-state index contributed by atoms with van der Waals surface area (Å²) in [5.74, 6) is -0.522. The minimum atomic E-state index is -4.20. The molecule has 1 heterocycles. The predicted molar refractivity (Wildman–Crippen MR) is 145 cm³/mol. The molecule has 5 rings (SSSR count). The van der Waals surface area contributed by atoms with Gasteiger partial charge in [0, 0.05) is 28.4 Å². The molecule has 1 amide bonds. The lowest BCUT2D eigenvalue weighted by atomic mass is 9.92. The summed E-state index contributed by atoms with van der Waals surface area (Å²) in [7, 11) is -4.20. The van der Waals surface area contributed by atoms with Crippen molar-refractivity contribution in [2.45, 2.75) is 49.6 Å². The molecule has 1 fully saturated rings. The Morgan fingerprint density at radius 1 is 1.03 bits per heavy atom. The summed E-state index contributed by atoms with van der Waals surface area (Å²) in [6.07, 6.45) is 3.12. The number of hydrogen-bond donors (Lipinski definition) is 3. The van der Waals surface area contributed by atoms with Crippen LogP contribution in [-0.4, -0.2) is 42.9 Å². The number of benzene rings is 3. The highest BCUT2D eigenvalue weighted by atomic mass is 32.2. The third-order valence-corrected chi connectivity index (χ3v) is 8.70. The second kappa shape index (κ2) is 9.99. The summed E-state index contributed by atoms with van der Waals surface area (Å²) in [5.41, 5.74) is 6.78. The van der Waals surface area contributed by atoms with E-state index in [4.69, 9.17) is 15.9 Å². The van der Waals surface area contributed by atoms with Gasteiger partial charge in [-0.2, -0.15) is 0 Å². The van der Waals surface area contributed by atoms with Crippen LogP contribution in [-0.2, 0) is 14.8 Å². The number of hydrogen-bond acceptors (Lipinski definition) is 6. The molecule has 0 aliphatic heterocycles. The molecule has 3 aromatic carbocycles. The number of carbonyl (C=O) groups excluding carboxylic acids is 1. The van der Waals surface area contributed by atoms with Crippen LogP contribution in [0.15, 0.2) is 71.6 Å². The molecule has 1 aromatic heterocycles. The minimum Gasteiger partial charge on any atom is -0.478 e. The van der Waals surface area contributed by atoms with Crippen LogP contribution < -0.4 is 11.1 Å². The molecule has 0 unspecified atom stereocenters. The highest BCUT2D eigenvalue weighted by molar-refractivity contribution is 7.90. The first kappa shape index (κ1) is 25.0. The van der Waals surface area contributed by atoms with Crippen LogP contribution >= 0.6 is 0 Å². The summed E-state index contributed by atoms with van der Waals surface area (Å²) in [6.45, 7) is 2.09. The standard InChI is InChI=1S/C28H30N4O4S/c1-2-36-27(30)20-11-10-19-16-25(28(33)31-22-14-12-21(29)13-15-22)32(24(19)17-20)37(34,35)26-9-5-7-18-6-3-4-8-23(18)26/h3-11,16-17,21-22,30H,2,12-15,29H2,1H3,(H,31,33). The van der Waals surface area contributed by atoms with E-state index in [1.807, 2.05) is 18.2 Å². The average Bonchev–Trinajstić information content (AvgIpc) is 3.30. The van der Waals surface area contributed by atoms with Crippen LogP contribution in [0.5, 0.6) is 0 Å². The second-order valence-electron chi connectivity index (χ2n) is 9.40. The maximum absolute atomic E-state index is 14.3. The van der Waals surface area contributed by atoms with Gasteiger partial charge in [-0.3, -0.25) is 10.2 Å². The van der Waals surface area contributed by atoms with Crippen molar-refractivity contribution in [1.82, 2.24) is 9.29 Å². The van der Waals surface area contributed by atoms with E-state index < -0.39 is 15.9 Å². The number of aromatic nitrogens is 1. The van der Waals surface area contributed by atoms with Gasteiger partial charge in [-0.05, 0) is 62.3 Å². The van der Waals surface area contributed by atoms with Gasteiger partial charge in [-0.15, -0.1) is 0 Å². The first-order valence-corrected chi connectivity index (χ1v) is 13.9. The van der Waals surface area contributed by atoms with Gasteiger partial charge in [0.25, 0.3) is 15.9 Å². The Hall–Kier alpha value is -3.69. The molecule has 192 valence electrons. The average molecular weight is 519 g/mol. The number of ether oxygens (including phenoxy) is 1. The Labute approximate surface area is 216 Å². The van der Waals surface area contributed by atoms with Gasteiger partial charge in [0.2, 0.25) is 5.90 Å². The Morgan fingerprint density at radius 3 is 2.51 bits per heavy atom. The number of nitrogens with two attached hydrogens (primary N) is 1. The molecular formula is C28H30N4O4S. The summed E-state index contributed by atoms with van der Waals surface area (Å²) in [5, 5.41) is 13.2. The van der Waals surface area contributed by atoms with Crippen LogP contribution in [0.25, 0.3) is 21.7 Å². The molecule has 1 aliphatic carbocycles. The number of rotatable bonds is 6. The lowest BCUT2D eigenvalue weighted by Gasteiger charge is -2.27. The Kier molecular flexibility index (Phi) is 6.74. The van der Waals surface area contributed by atoms with E-state index in [1.54, 1.807) is 55.5 Å². The monoisotopic (exact) mass is 518 g/mol. The summed E-state index contributed by atoms with van der Waals surface area (Å²) < 4.78 is 35.0. The van der Waals surface area contributed by atoms with Gasteiger partial charge in [-0.1, -0.05) is 42.5 Å². The summed E-state index contributed by atoms with van der Waals surface area (Å²) >= 11 is 0. The fourth-order valence-electron chi connectivity index (χ4n) is 5.00. The minimum absolute atomic E-state index is 0.0258. The number of carbonyl (C=O) groups is 1. The van der Waals surface area contributed by atoms with Crippen molar-refractivity contribution in [3.8, 4) is 0 Å². The van der Waals surface area contributed by atoms with Crippen molar-refractivity contribution in [3.05, 3.63) is 78.0 Å². The molecule has 4 aromatic rings. The first-order valence-electron chi connectivity index (χ1n) is 12.5. The maximum atomic E-state index is 14.3. The molecule has 0 bridgehead atoms. The van der Waals surface area contributed by atoms with Crippen molar-refractivity contribution < 1.29 is 17.9 Å². The van der Waals surface area contributed by atoms with Gasteiger partial charge < -0.3 is 15.8 Å². The maximum Gasteiger partial charge on any atom is 0.269 e. The van der Waals surface area contributed by atoms with E-state index in [0.717, 1.165) is 35.0 Å². The zero-order valence-electron chi connectivity index (χ0n) is 20.6. The molecule has 8 nitrogen and oxygen atoms in total. The molecule has 0 atom stereocenters. The highest BCUT2D eigenvalue weighted by Gasteiger charge is 2.30. The SMILES string of the molecule is CCOC(=N)c1ccc2cc(C(=O)NC3CCC(N)CC3)n(S(=O)(=O)c3cccc4ccccc34)c2c1. The third kappa shape index (κ3) is 4.72. The Morgan fingerprint density at radius 2 is 1.76 bits per heavy atom. The summed E-state index contributed by atoms with van der Waals surface area (Å²) in [4.78, 5) is 13.7. The van der Waals surface area contributed by atoms with Crippen LogP contribution in [0, 0.1) is 5.41 Å². The number of nitrogens with zero attached hydrogens (tertiary/aromatic N) is 1. The van der Waals surface area contributed by atoms with Crippen molar-refractivity contribution in [2.75, 3.05) is 6.61 Å². The number of nitrogens with one attached hydrogen (secondary N) is 2. The Balaban J connectivity index is 1.68. The third-order valence-electron chi connectivity index (χ3n) is 6.92. The zero-order valence-corrected chi connectivity index (χ0v) is 21.4. The molecular weight excluding hydrogens is 488 g/mol. The van der Waals surface area contributed by atoms with Crippen LogP contribution in [0.4, 0.5) is 0 Å². The van der Waals surface area contributed by atoms with Gasteiger partial charge in [0.1, 0.15) is 5.69 Å². The zero-order chi connectivity index (χ0) is 26.2. The molecule has 37 heavy (non-hydrogen) atoms. The van der Waals surface area contributed by atoms with E-state index >= 15 is 0 Å². The van der Waals surface area contributed by atoms with Crippen molar-refractivity contribution in [3.63, 3.8) is 0 Å². The van der Waals surface area contributed by atoms with Crippen LogP contribution in [0.1, 0.15) is 48.7 Å². The van der Waals surface area contributed by atoms with Gasteiger partial charge in [-0.25, -0.2) is 12.4 Å². The molecule has 9 heteroatoms. The van der Waals surface area contributed by atoms with Crippen molar-refractivity contribution >= 4 is 43.5 Å². The molecule has 0 radical (unpaired) electrons. The van der Waals surface area contributed by atoms with E-state index in [9.17, 15) is 13.2 Å². The predicted octanol–water partition coefficient (Wildman–Crippen LogP) is 4.39. The van der Waals surface area contributed by atoms with Crippen LogP contribution in [0.3, 0.4) is 0 Å². The van der Waals surface area contributed by atoms with E-state index in [-0.39, 0.29) is 28.6 Å². The second-order valence-corrected chi connectivity index (χ2v) is 11.2. The van der Waals surface area contributed by atoms with E-state index in [0.29, 0.717) is 28.5 Å². The van der Waals surface area contributed by atoms with Gasteiger partial charge >= 0.3 is 0 Å². The fraction of sp³-hybridized carbons (Fsp3) is 0.286. The topological polar surface area (TPSA) is 127 Å². The first-order chi connectivity index (χ1) is 17.8. The van der Waals surface area contributed by atoms with E-state index in [2.05, 4.69) is 5.32 Å². The lowest BCUT2D eigenvalue weighted by Crippen LogP contribution is -2.41. The normalized spacial score (nSPS) is 18.1. The largest absolute Gasteiger partial charge is 0.478 e. The Bertz CT molecular complexity index is 1600. The number of amides is 1. The molecule has 1 saturated carbocycles. The fourth-order valence-corrected chi connectivity index (χ4v) is 6.73. The highest BCUT2D eigenvalue weighted by Crippen LogP contribution is 2.31. The van der Waals surface area contributed by atoms with Gasteiger partial charge in [0.05, 0.1) is 17.0 Å².